The van der Waals surface area contributed by atoms with Crippen LogP contribution in [-0.4, -0.2) is 38.8 Å². The normalized spacial score (nSPS) is 10.5. The number of para-hydroxylation sites is 1. The van der Waals surface area contributed by atoms with E-state index in [0.29, 0.717) is 17.1 Å². The molecule has 0 atom stereocenters. The molecule has 0 unspecified atom stereocenters. The van der Waals surface area contributed by atoms with Crippen LogP contribution in [0.2, 0.25) is 0 Å². The first kappa shape index (κ1) is 19.9. The molecule has 0 saturated carbocycles. The molecule has 0 fully saturated rings. The van der Waals surface area contributed by atoms with Gasteiger partial charge in [-0.25, -0.2) is 9.82 Å². The van der Waals surface area contributed by atoms with Gasteiger partial charge in [-0.15, -0.1) is 0 Å². The van der Waals surface area contributed by atoms with Crippen LogP contribution in [-0.2, 0) is 4.79 Å². The number of amides is 2. The van der Waals surface area contributed by atoms with Crippen molar-refractivity contribution >= 4 is 18.0 Å². The van der Waals surface area contributed by atoms with E-state index in [1.807, 2.05) is 0 Å². The van der Waals surface area contributed by atoms with E-state index in [1.165, 1.54) is 38.6 Å². The fraction of sp³-hybridized carbons (Fsp3) is 0.211. The van der Waals surface area contributed by atoms with Crippen molar-refractivity contribution in [2.45, 2.75) is 6.42 Å². The minimum absolute atomic E-state index is 0.00716. The van der Waals surface area contributed by atoms with Crippen molar-refractivity contribution in [1.82, 2.24) is 10.7 Å². The van der Waals surface area contributed by atoms with Crippen LogP contribution < -0.4 is 20.2 Å². The zero-order valence-electron chi connectivity index (χ0n) is 15.0. The first-order valence-electron chi connectivity index (χ1n) is 8.12. The van der Waals surface area contributed by atoms with Crippen LogP contribution in [0.3, 0.4) is 0 Å². The summed E-state index contributed by atoms with van der Waals surface area (Å²) in [4.78, 5) is 23.6. The topological polar surface area (TPSA) is 89.0 Å². The molecule has 0 saturated heterocycles. The SMILES string of the molecule is COc1cccc(C=NNC(=O)CCNC(=O)c2ccccc2F)c1OC. The van der Waals surface area contributed by atoms with Gasteiger partial charge in [0.25, 0.3) is 5.91 Å². The van der Waals surface area contributed by atoms with Crippen molar-refractivity contribution in [2.75, 3.05) is 20.8 Å². The molecule has 142 valence electrons. The van der Waals surface area contributed by atoms with Crippen LogP contribution in [0, 0.1) is 5.82 Å². The fourth-order valence-electron chi connectivity index (χ4n) is 2.27. The van der Waals surface area contributed by atoms with Gasteiger partial charge < -0.3 is 14.8 Å². The molecule has 0 bridgehead atoms. The van der Waals surface area contributed by atoms with Gasteiger partial charge in [0.1, 0.15) is 5.82 Å². The third-order valence-corrected chi connectivity index (χ3v) is 3.58. The Kier molecular flexibility index (Phi) is 7.30. The summed E-state index contributed by atoms with van der Waals surface area (Å²) in [5.41, 5.74) is 2.91. The highest BCUT2D eigenvalue weighted by Crippen LogP contribution is 2.29. The largest absolute Gasteiger partial charge is 0.493 e. The van der Waals surface area contributed by atoms with Crippen molar-refractivity contribution in [3.8, 4) is 11.5 Å². The number of nitrogens with zero attached hydrogens (tertiary/aromatic N) is 1. The van der Waals surface area contributed by atoms with E-state index < -0.39 is 17.6 Å². The quantitative estimate of drug-likeness (QED) is 0.548. The monoisotopic (exact) mass is 373 g/mol. The lowest BCUT2D eigenvalue weighted by molar-refractivity contribution is -0.120. The lowest BCUT2D eigenvalue weighted by Gasteiger charge is -2.09. The minimum Gasteiger partial charge on any atom is -0.493 e. The van der Waals surface area contributed by atoms with Crippen molar-refractivity contribution in [1.29, 1.82) is 0 Å². The summed E-state index contributed by atoms with van der Waals surface area (Å²) in [7, 11) is 3.03. The molecule has 2 aromatic carbocycles. The number of methoxy groups -OCH3 is 2. The third-order valence-electron chi connectivity index (χ3n) is 3.58. The predicted molar refractivity (Wildman–Crippen MR) is 98.6 cm³/mol. The Labute approximate surface area is 156 Å². The fourth-order valence-corrected chi connectivity index (χ4v) is 2.27. The molecule has 2 rings (SSSR count). The highest BCUT2D eigenvalue weighted by atomic mass is 19.1. The number of rotatable bonds is 8. The van der Waals surface area contributed by atoms with Crippen LogP contribution >= 0.6 is 0 Å². The number of carbonyl (C=O) groups excluding carboxylic acids is 2. The zero-order valence-corrected chi connectivity index (χ0v) is 15.0. The molecule has 0 aliphatic carbocycles. The van der Waals surface area contributed by atoms with Crippen molar-refractivity contribution < 1.29 is 23.5 Å². The molecule has 8 heteroatoms. The first-order valence-corrected chi connectivity index (χ1v) is 8.12. The van der Waals surface area contributed by atoms with Gasteiger partial charge in [0.05, 0.1) is 26.0 Å². The number of benzene rings is 2. The summed E-state index contributed by atoms with van der Waals surface area (Å²) >= 11 is 0. The molecule has 2 aromatic rings. The molecular formula is C19H20FN3O4. The number of nitrogens with one attached hydrogen (secondary N) is 2. The summed E-state index contributed by atoms with van der Waals surface area (Å²) < 4.78 is 23.9. The summed E-state index contributed by atoms with van der Waals surface area (Å²) in [6.07, 6.45) is 1.42. The number of ether oxygens (including phenoxy) is 2. The third kappa shape index (κ3) is 5.53. The van der Waals surface area contributed by atoms with Crippen LogP contribution in [0.15, 0.2) is 47.6 Å². The van der Waals surface area contributed by atoms with Gasteiger partial charge in [0, 0.05) is 18.5 Å². The highest BCUT2D eigenvalue weighted by molar-refractivity contribution is 5.94. The molecule has 0 aliphatic rings. The molecule has 0 spiro atoms. The summed E-state index contributed by atoms with van der Waals surface area (Å²) in [5.74, 6) is -0.553. The molecule has 2 N–H and O–H groups in total. The van der Waals surface area contributed by atoms with E-state index in [9.17, 15) is 14.0 Å². The average Bonchev–Trinajstić information content (AvgIpc) is 2.67. The second-order valence-electron chi connectivity index (χ2n) is 5.36. The number of halogens is 1. The zero-order chi connectivity index (χ0) is 19.6. The predicted octanol–water partition coefficient (Wildman–Crippen LogP) is 2.11. The van der Waals surface area contributed by atoms with Crippen LogP contribution in [0.5, 0.6) is 11.5 Å². The number of hydrogen-bond donors (Lipinski definition) is 2. The molecule has 27 heavy (non-hydrogen) atoms. The maximum Gasteiger partial charge on any atom is 0.254 e. The van der Waals surface area contributed by atoms with Crippen LogP contribution in [0.1, 0.15) is 22.3 Å². The molecule has 0 aliphatic heterocycles. The molecule has 7 nitrogen and oxygen atoms in total. The smallest absolute Gasteiger partial charge is 0.254 e. The summed E-state index contributed by atoms with van der Waals surface area (Å²) in [5, 5.41) is 6.35. The van der Waals surface area contributed by atoms with E-state index in [0.717, 1.165) is 0 Å². The number of carbonyl (C=O) groups is 2. The second-order valence-corrected chi connectivity index (χ2v) is 5.36. The molecule has 0 heterocycles. The Hall–Kier alpha value is -3.42. The van der Waals surface area contributed by atoms with E-state index in [1.54, 1.807) is 24.3 Å². The highest BCUT2D eigenvalue weighted by Gasteiger charge is 2.11. The summed E-state index contributed by atoms with van der Waals surface area (Å²) in [6.45, 7) is 0.0526. The Balaban J connectivity index is 1.82. The molecule has 0 radical (unpaired) electrons. The minimum atomic E-state index is -0.615. The lowest BCUT2D eigenvalue weighted by atomic mass is 10.2. The number of hydrogen-bond acceptors (Lipinski definition) is 5. The van der Waals surface area contributed by atoms with Crippen LogP contribution in [0.4, 0.5) is 4.39 Å². The lowest BCUT2D eigenvalue weighted by Crippen LogP contribution is -2.29. The van der Waals surface area contributed by atoms with Gasteiger partial charge in [0.2, 0.25) is 5.91 Å². The van der Waals surface area contributed by atoms with Gasteiger partial charge in [-0.1, -0.05) is 18.2 Å². The molecule has 0 aromatic heterocycles. The number of hydrazone groups is 1. The summed E-state index contributed by atoms with van der Waals surface area (Å²) in [6, 6.07) is 10.9. The van der Waals surface area contributed by atoms with Crippen LogP contribution in [0.25, 0.3) is 0 Å². The van der Waals surface area contributed by atoms with Gasteiger partial charge in [-0.3, -0.25) is 9.59 Å². The van der Waals surface area contributed by atoms with Gasteiger partial charge in [0.15, 0.2) is 11.5 Å². The maximum atomic E-state index is 13.5. The van der Waals surface area contributed by atoms with E-state index in [-0.39, 0.29) is 18.5 Å². The first-order chi connectivity index (χ1) is 13.1. The van der Waals surface area contributed by atoms with Gasteiger partial charge in [-0.05, 0) is 24.3 Å². The maximum absolute atomic E-state index is 13.5. The van der Waals surface area contributed by atoms with Crippen molar-refractivity contribution in [3.05, 3.63) is 59.4 Å². The van der Waals surface area contributed by atoms with Gasteiger partial charge >= 0.3 is 0 Å². The molecule has 2 amide bonds. The van der Waals surface area contributed by atoms with E-state index >= 15 is 0 Å². The van der Waals surface area contributed by atoms with Crippen molar-refractivity contribution in [3.63, 3.8) is 0 Å². The molecular weight excluding hydrogens is 353 g/mol. The Bertz CT molecular complexity index is 839. The van der Waals surface area contributed by atoms with E-state index in [4.69, 9.17) is 9.47 Å². The van der Waals surface area contributed by atoms with E-state index in [2.05, 4.69) is 15.8 Å². The van der Waals surface area contributed by atoms with Gasteiger partial charge in [-0.2, -0.15) is 5.10 Å². The Morgan fingerprint density at radius 1 is 1.11 bits per heavy atom. The van der Waals surface area contributed by atoms with Crippen molar-refractivity contribution in [2.24, 2.45) is 5.10 Å². The standard InChI is InChI=1S/C19H20FN3O4/c1-26-16-9-5-6-13(18(16)27-2)12-22-23-17(24)10-11-21-19(25)14-7-3-4-8-15(14)20/h3-9,12H,10-11H2,1-2H3,(H,21,25)(H,23,24). The second kappa shape index (κ2) is 9.91. The Morgan fingerprint density at radius 2 is 1.89 bits per heavy atom. The Morgan fingerprint density at radius 3 is 2.59 bits per heavy atom. The average molecular weight is 373 g/mol.